The van der Waals surface area contributed by atoms with Crippen molar-refractivity contribution in [2.75, 3.05) is 13.7 Å². The molecule has 5 rings (SSSR count). The van der Waals surface area contributed by atoms with Crippen LogP contribution in [0.1, 0.15) is 30.4 Å². The molecule has 1 aromatic rings. The van der Waals surface area contributed by atoms with Crippen molar-refractivity contribution in [3.05, 3.63) is 17.2 Å². The summed E-state index contributed by atoms with van der Waals surface area (Å²) in [4.78, 5) is 0. The van der Waals surface area contributed by atoms with Crippen molar-refractivity contribution in [1.82, 2.24) is 5.32 Å². The monoisotopic (exact) mass is 303 g/mol. The summed E-state index contributed by atoms with van der Waals surface area (Å²) in [5, 5.41) is 24.5. The summed E-state index contributed by atoms with van der Waals surface area (Å²) in [6, 6.07) is 2.25. The molecule has 0 radical (unpaired) electrons. The lowest BCUT2D eigenvalue weighted by Gasteiger charge is -2.56. The number of phenolic OH excluding ortho intramolecular Hbond substituents is 1. The first-order chi connectivity index (χ1) is 10.7. The number of hydrogen-bond donors (Lipinski definition) is 3. The maximum Gasteiger partial charge on any atom is 0.203 e. The van der Waals surface area contributed by atoms with Gasteiger partial charge in [0.25, 0.3) is 0 Å². The van der Waals surface area contributed by atoms with Gasteiger partial charge in [0, 0.05) is 17.0 Å². The molecule has 1 spiro atoms. The highest BCUT2D eigenvalue weighted by Gasteiger charge is 2.64. The van der Waals surface area contributed by atoms with E-state index in [1.807, 2.05) is 6.07 Å². The molecule has 118 valence electrons. The first-order valence-electron chi connectivity index (χ1n) is 8.18. The van der Waals surface area contributed by atoms with E-state index in [0.29, 0.717) is 23.5 Å². The summed E-state index contributed by atoms with van der Waals surface area (Å²) in [6.45, 7) is 0.954. The normalized spacial score (nSPS) is 40.8. The highest BCUT2D eigenvalue weighted by Crippen LogP contribution is 2.64. The van der Waals surface area contributed by atoms with Gasteiger partial charge in [0.05, 0.1) is 13.2 Å². The Bertz CT molecular complexity index is 661. The van der Waals surface area contributed by atoms with Crippen LogP contribution in [0.25, 0.3) is 0 Å². The summed E-state index contributed by atoms with van der Waals surface area (Å²) in [5.74, 6) is 1.73. The minimum Gasteiger partial charge on any atom is -0.504 e. The van der Waals surface area contributed by atoms with Gasteiger partial charge in [-0.25, -0.2) is 0 Å². The van der Waals surface area contributed by atoms with Gasteiger partial charge in [0.2, 0.25) is 5.75 Å². The smallest absolute Gasteiger partial charge is 0.203 e. The predicted molar refractivity (Wildman–Crippen MR) is 79.6 cm³/mol. The number of aliphatic hydroxyl groups is 1. The molecule has 5 atom stereocenters. The van der Waals surface area contributed by atoms with Crippen LogP contribution >= 0.6 is 0 Å². The van der Waals surface area contributed by atoms with Gasteiger partial charge in [-0.1, -0.05) is 0 Å². The summed E-state index contributed by atoms with van der Waals surface area (Å²) in [6.07, 6.45) is 3.05. The minimum atomic E-state index is -0.444. The fourth-order valence-corrected chi connectivity index (χ4v) is 5.68. The molecule has 0 aromatic heterocycles. The average molecular weight is 303 g/mol. The zero-order chi connectivity index (χ0) is 15.1. The van der Waals surface area contributed by atoms with Crippen LogP contribution in [-0.4, -0.2) is 42.1 Å². The quantitative estimate of drug-likeness (QED) is 0.724. The summed E-state index contributed by atoms with van der Waals surface area (Å²) in [7, 11) is 1.56. The number of ether oxygens (including phenoxy) is 2. The van der Waals surface area contributed by atoms with Gasteiger partial charge in [0.1, 0.15) is 6.10 Å². The number of hydrogen-bond acceptors (Lipinski definition) is 5. The zero-order valence-electron chi connectivity index (χ0n) is 12.6. The average Bonchev–Trinajstić information content (AvgIpc) is 2.82. The molecule has 22 heavy (non-hydrogen) atoms. The molecule has 5 nitrogen and oxygen atoms in total. The van der Waals surface area contributed by atoms with Crippen molar-refractivity contribution in [3.8, 4) is 17.2 Å². The topological polar surface area (TPSA) is 71.0 Å². The SMILES string of the molecule is COc1c(O)cc2c3c1OC1C(O)CC[C@H]4[C@@H](C2)NCC[C@]314. The van der Waals surface area contributed by atoms with Crippen molar-refractivity contribution in [2.24, 2.45) is 5.92 Å². The number of nitrogens with one attached hydrogen (secondary N) is 1. The first kappa shape index (κ1) is 13.0. The van der Waals surface area contributed by atoms with E-state index in [9.17, 15) is 10.2 Å². The number of aliphatic hydroxyl groups excluding tert-OH is 1. The standard InChI is InChI=1S/C17H21NO4/c1-21-14-12(20)7-8-6-10-9-2-3-11(19)16-17(9,4-5-18-10)13(8)15(14)22-16/h7,9-11,16,18-20H,2-6H2,1H3/t9-,10+,11?,16?,17-/m0/s1. The van der Waals surface area contributed by atoms with Gasteiger partial charge in [-0.2, -0.15) is 0 Å². The molecule has 1 aromatic carbocycles. The second kappa shape index (κ2) is 4.09. The number of methoxy groups -OCH3 is 1. The first-order valence-corrected chi connectivity index (χ1v) is 8.18. The molecule has 2 unspecified atom stereocenters. The molecule has 2 aliphatic heterocycles. The molecule has 5 heteroatoms. The Morgan fingerprint density at radius 3 is 3.09 bits per heavy atom. The Kier molecular flexibility index (Phi) is 2.42. The third kappa shape index (κ3) is 1.29. The van der Waals surface area contributed by atoms with Crippen LogP contribution in [0.5, 0.6) is 17.2 Å². The van der Waals surface area contributed by atoms with Gasteiger partial charge in [-0.05, 0) is 49.8 Å². The fourth-order valence-electron chi connectivity index (χ4n) is 5.68. The molecule has 1 saturated carbocycles. The summed E-state index contributed by atoms with van der Waals surface area (Å²) in [5.41, 5.74) is 2.24. The zero-order valence-corrected chi connectivity index (χ0v) is 12.6. The van der Waals surface area contributed by atoms with Crippen LogP contribution < -0.4 is 14.8 Å². The van der Waals surface area contributed by atoms with Gasteiger partial charge in [-0.3, -0.25) is 0 Å². The number of phenols is 1. The summed E-state index contributed by atoms with van der Waals surface area (Å²) < 4.78 is 11.6. The van der Waals surface area contributed by atoms with Crippen molar-refractivity contribution >= 4 is 0 Å². The molecule has 4 aliphatic rings. The molecule has 3 N–H and O–H groups in total. The number of rotatable bonds is 1. The summed E-state index contributed by atoms with van der Waals surface area (Å²) >= 11 is 0. The number of aromatic hydroxyl groups is 1. The Balaban J connectivity index is 1.83. The minimum absolute atomic E-state index is 0.114. The van der Waals surface area contributed by atoms with E-state index in [-0.39, 0.29) is 17.3 Å². The Morgan fingerprint density at radius 2 is 2.27 bits per heavy atom. The molecule has 1 saturated heterocycles. The largest absolute Gasteiger partial charge is 0.504 e. The molecule has 2 heterocycles. The number of benzene rings is 1. The van der Waals surface area contributed by atoms with Crippen molar-refractivity contribution in [1.29, 1.82) is 0 Å². The van der Waals surface area contributed by atoms with Crippen LogP contribution in [-0.2, 0) is 11.8 Å². The van der Waals surface area contributed by atoms with Gasteiger partial charge in [-0.15, -0.1) is 0 Å². The number of piperidine rings is 1. The van der Waals surface area contributed by atoms with E-state index in [0.717, 1.165) is 37.8 Å². The lowest BCUT2D eigenvalue weighted by atomic mass is 9.52. The van der Waals surface area contributed by atoms with Crippen molar-refractivity contribution in [3.63, 3.8) is 0 Å². The second-order valence-electron chi connectivity index (χ2n) is 7.14. The van der Waals surface area contributed by atoms with Crippen LogP contribution in [0.3, 0.4) is 0 Å². The molecule has 0 amide bonds. The second-order valence-corrected chi connectivity index (χ2v) is 7.14. The van der Waals surface area contributed by atoms with Crippen LogP contribution in [0.2, 0.25) is 0 Å². The lowest BCUT2D eigenvalue weighted by molar-refractivity contribution is -0.0761. The molecule has 2 fully saturated rings. The van der Waals surface area contributed by atoms with E-state index >= 15 is 0 Å². The van der Waals surface area contributed by atoms with E-state index in [1.165, 1.54) is 5.56 Å². The van der Waals surface area contributed by atoms with Gasteiger partial charge >= 0.3 is 0 Å². The highest BCUT2D eigenvalue weighted by atomic mass is 16.5. The molecular formula is C17H21NO4. The third-order valence-electron chi connectivity index (χ3n) is 6.38. The maximum absolute atomic E-state index is 10.6. The van der Waals surface area contributed by atoms with E-state index < -0.39 is 6.10 Å². The van der Waals surface area contributed by atoms with Gasteiger partial charge in [0.15, 0.2) is 11.5 Å². The maximum atomic E-state index is 10.6. The van der Waals surface area contributed by atoms with Crippen LogP contribution in [0.15, 0.2) is 6.07 Å². The van der Waals surface area contributed by atoms with E-state index in [2.05, 4.69) is 5.32 Å². The lowest BCUT2D eigenvalue weighted by Crippen LogP contribution is -2.66. The van der Waals surface area contributed by atoms with Gasteiger partial charge < -0.3 is 25.0 Å². The van der Waals surface area contributed by atoms with Crippen molar-refractivity contribution < 1.29 is 19.7 Å². The molecule has 2 aliphatic carbocycles. The Hall–Kier alpha value is -1.46. The third-order valence-corrected chi connectivity index (χ3v) is 6.38. The Labute approximate surface area is 129 Å². The fraction of sp³-hybridized carbons (Fsp3) is 0.647. The highest BCUT2D eigenvalue weighted by molar-refractivity contribution is 5.65. The molecular weight excluding hydrogens is 282 g/mol. The molecule has 2 bridgehead atoms. The van der Waals surface area contributed by atoms with Crippen LogP contribution in [0, 0.1) is 5.92 Å². The Morgan fingerprint density at radius 1 is 1.41 bits per heavy atom. The predicted octanol–water partition coefficient (Wildman–Crippen LogP) is 1.09. The van der Waals surface area contributed by atoms with Crippen molar-refractivity contribution in [2.45, 2.75) is 49.3 Å². The van der Waals surface area contributed by atoms with Crippen LogP contribution in [0.4, 0.5) is 0 Å². The van der Waals surface area contributed by atoms with E-state index in [4.69, 9.17) is 9.47 Å². The van der Waals surface area contributed by atoms with E-state index in [1.54, 1.807) is 7.11 Å².